The molecule has 3 aromatic rings. The lowest BCUT2D eigenvalue weighted by molar-refractivity contribution is -0.137. The third kappa shape index (κ3) is 2.31. The summed E-state index contributed by atoms with van der Waals surface area (Å²) in [7, 11) is 0. The highest BCUT2D eigenvalue weighted by Gasteiger charge is 2.29. The summed E-state index contributed by atoms with van der Waals surface area (Å²) < 4.78 is 15.6. The van der Waals surface area contributed by atoms with Crippen LogP contribution in [0.25, 0.3) is 10.9 Å². The third-order valence-electron chi connectivity index (χ3n) is 4.68. The van der Waals surface area contributed by atoms with Gasteiger partial charge in [-0.05, 0) is 42.3 Å². The van der Waals surface area contributed by atoms with Gasteiger partial charge in [0.2, 0.25) is 0 Å². The lowest BCUT2D eigenvalue weighted by atomic mass is 9.91. The highest BCUT2D eigenvalue weighted by atomic mass is 32.2. The molecule has 0 saturated carbocycles. The normalized spacial score (nSPS) is 16.5. The average molecular weight is 341 g/mol. The number of thioether (sulfide) groups is 1. The quantitative estimate of drug-likeness (QED) is 0.767. The number of fused-ring (bicyclic) bond motifs is 2. The van der Waals surface area contributed by atoms with E-state index in [0.717, 1.165) is 27.9 Å². The van der Waals surface area contributed by atoms with E-state index in [1.54, 1.807) is 22.4 Å². The summed E-state index contributed by atoms with van der Waals surface area (Å²) in [5.74, 6) is -0.143. The summed E-state index contributed by atoms with van der Waals surface area (Å²) in [6.45, 7) is 1.82. The second-order valence-electron chi connectivity index (χ2n) is 6.04. The highest BCUT2D eigenvalue weighted by molar-refractivity contribution is 7.99. The monoisotopic (exact) mass is 341 g/mol. The molecule has 5 heteroatoms. The summed E-state index contributed by atoms with van der Waals surface area (Å²) in [5.41, 5.74) is 3.97. The van der Waals surface area contributed by atoms with Gasteiger partial charge >= 0.3 is 5.97 Å². The number of benzene rings is 2. The SMILES string of the molecule is Cc1c(C2CSc3ccccc32)c2cc(F)ccc2n1CC(=O)O. The molecule has 1 aromatic heterocycles. The molecule has 0 amide bonds. The number of halogens is 1. The van der Waals surface area contributed by atoms with Crippen LogP contribution < -0.4 is 0 Å². The fourth-order valence-corrected chi connectivity index (χ4v) is 4.90. The van der Waals surface area contributed by atoms with Gasteiger partial charge in [-0.2, -0.15) is 0 Å². The second kappa shape index (κ2) is 5.67. The molecule has 2 heterocycles. The van der Waals surface area contributed by atoms with E-state index in [4.69, 9.17) is 0 Å². The van der Waals surface area contributed by atoms with Gasteiger partial charge < -0.3 is 9.67 Å². The number of rotatable bonds is 3. The summed E-state index contributed by atoms with van der Waals surface area (Å²) in [4.78, 5) is 12.5. The topological polar surface area (TPSA) is 42.2 Å². The van der Waals surface area contributed by atoms with E-state index in [1.165, 1.54) is 22.6 Å². The van der Waals surface area contributed by atoms with E-state index in [-0.39, 0.29) is 18.3 Å². The van der Waals surface area contributed by atoms with E-state index in [0.29, 0.717) is 0 Å². The van der Waals surface area contributed by atoms with Crippen LogP contribution in [0.1, 0.15) is 22.7 Å². The predicted octanol–water partition coefficient (Wildman–Crippen LogP) is 4.41. The molecule has 0 radical (unpaired) electrons. The van der Waals surface area contributed by atoms with Crippen LogP contribution in [0.5, 0.6) is 0 Å². The molecule has 4 rings (SSSR count). The number of aromatic nitrogens is 1. The molecule has 24 heavy (non-hydrogen) atoms. The molecule has 0 aliphatic carbocycles. The molecule has 1 aliphatic heterocycles. The molecule has 0 fully saturated rings. The summed E-state index contributed by atoms with van der Waals surface area (Å²) in [6, 6.07) is 12.9. The van der Waals surface area contributed by atoms with E-state index in [1.807, 2.05) is 19.1 Å². The van der Waals surface area contributed by atoms with Crippen molar-refractivity contribution in [3.05, 3.63) is 65.1 Å². The van der Waals surface area contributed by atoms with Crippen molar-refractivity contribution < 1.29 is 14.3 Å². The van der Waals surface area contributed by atoms with Crippen LogP contribution in [0.2, 0.25) is 0 Å². The molecule has 0 spiro atoms. The maximum absolute atomic E-state index is 13.9. The molecule has 2 aromatic carbocycles. The van der Waals surface area contributed by atoms with E-state index in [9.17, 15) is 14.3 Å². The van der Waals surface area contributed by atoms with Crippen molar-refractivity contribution in [2.24, 2.45) is 0 Å². The van der Waals surface area contributed by atoms with Crippen LogP contribution >= 0.6 is 11.8 Å². The fraction of sp³-hybridized carbons (Fsp3) is 0.211. The minimum Gasteiger partial charge on any atom is -0.480 e. The number of nitrogens with zero attached hydrogens (tertiary/aromatic N) is 1. The van der Waals surface area contributed by atoms with E-state index in [2.05, 4.69) is 12.1 Å². The molecule has 0 saturated heterocycles. The van der Waals surface area contributed by atoms with E-state index < -0.39 is 5.97 Å². The first kappa shape index (κ1) is 15.3. The van der Waals surface area contributed by atoms with Crippen LogP contribution in [-0.2, 0) is 11.3 Å². The average Bonchev–Trinajstić information content (AvgIpc) is 3.07. The van der Waals surface area contributed by atoms with Crippen LogP contribution in [-0.4, -0.2) is 21.4 Å². The molecule has 1 N–H and O–H groups in total. The highest BCUT2D eigenvalue weighted by Crippen LogP contribution is 2.46. The molecule has 1 atom stereocenters. The lowest BCUT2D eigenvalue weighted by Gasteiger charge is -2.12. The Morgan fingerprint density at radius 2 is 2.12 bits per heavy atom. The minimum atomic E-state index is -0.896. The van der Waals surface area contributed by atoms with Gasteiger partial charge in [0.1, 0.15) is 12.4 Å². The first-order chi connectivity index (χ1) is 11.6. The van der Waals surface area contributed by atoms with Crippen molar-refractivity contribution in [3.8, 4) is 0 Å². The Kier molecular flexibility index (Phi) is 3.61. The molecule has 0 bridgehead atoms. The van der Waals surface area contributed by atoms with Gasteiger partial charge in [-0.25, -0.2) is 4.39 Å². The molecular formula is C19H16FNO2S. The zero-order valence-electron chi connectivity index (χ0n) is 13.1. The maximum Gasteiger partial charge on any atom is 0.323 e. The zero-order chi connectivity index (χ0) is 16.8. The third-order valence-corrected chi connectivity index (χ3v) is 5.86. The Morgan fingerprint density at radius 1 is 1.33 bits per heavy atom. The Labute approximate surface area is 143 Å². The lowest BCUT2D eigenvalue weighted by Crippen LogP contribution is -2.11. The Hall–Kier alpha value is -2.27. The molecule has 1 aliphatic rings. The minimum absolute atomic E-state index is 0.116. The number of carboxylic acid groups (broad SMARTS) is 1. The molecule has 3 nitrogen and oxygen atoms in total. The first-order valence-electron chi connectivity index (χ1n) is 7.78. The van der Waals surface area contributed by atoms with Crippen molar-refractivity contribution in [1.29, 1.82) is 0 Å². The van der Waals surface area contributed by atoms with Crippen LogP contribution in [0.4, 0.5) is 4.39 Å². The van der Waals surface area contributed by atoms with Crippen molar-refractivity contribution in [1.82, 2.24) is 4.57 Å². The number of carboxylic acids is 1. The van der Waals surface area contributed by atoms with Crippen molar-refractivity contribution >= 4 is 28.6 Å². The van der Waals surface area contributed by atoms with E-state index >= 15 is 0 Å². The van der Waals surface area contributed by atoms with Gasteiger partial charge in [-0.1, -0.05) is 18.2 Å². The van der Waals surface area contributed by atoms with Crippen LogP contribution in [0, 0.1) is 12.7 Å². The van der Waals surface area contributed by atoms with Gasteiger partial charge in [-0.3, -0.25) is 4.79 Å². The Morgan fingerprint density at radius 3 is 2.92 bits per heavy atom. The van der Waals surface area contributed by atoms with Crippen LogP contribution in [0.15, 0.2) is 47.4 Å². The van der Waals surface area contributed by atoms with Crippen molar-refractivity contribution in [3.63, 3.8) is 0 Å². The summed E-state index contributed by atoms with van der Waals surface area (Å²) in [6.07, 6.45) is 0. The molecular weight excluding hydrogens is 325 g/mol. The van der Waals surface area contributed by atoms with Gasteiger partial charge in [-0.15, -0.1) is 11.8 Å². The largest absolute Gasteiger partial charge is 0.480 e. The fourth-order valence-electron chi connectivity index (χ4n) is 3.66. The van der Waals surface area contributed by atoms with Gasteiger partial charge in [0.05, 0.1) is 0 Å². The second-order valence-corrected chi connectivity index (χ2v) is 7.10. The smallest absolute Gasteiger partial charge is 0.323 e. The summed E-state index contributed by atoms with van der Waals surface area (Å²) in [5, 5.41) is 10.1. The number of hydrogen-bond acceptors (Lipinski definition) is 2. The van der Waals surface area contributed by atoms with Gasteiger partial charge in [0.15, 0.2) is 0 Å². The standard InChI is InChI=1S/C19H16FNO2S/c1-11-19(15-10-24-17-5-3-2-4-13(15)17)14-8-12(20)6-7-16(14)21(11)9-18(22)23/h2-8,15H,9-10H2,1H3,(H,22,23). The number of aliphatic carboxylic acids is 1. The first-order valence-corrected chi connectivity index (χ1v) is 8.76. The number of hydrogen-bond donors (Lipinski definition) is 1. The van der Waals surface area contributed by atoms with Crippen molar-refractivity contribution in [2.45, 2.75) is 24.3 Å². The van der Waals surface area contributed by atoms with Crippen LogP contribution in [0.3, 0.4) is 0 Å². The summed E-state index contributed by atoms with van der Waals surface area (Å²) >= 11 is 1.80. The van der Waals surface area contributed by atoms with Crippen molar-refractivity contribution in [2.75, 3.05) is 5.75 Å². The Bertz CT molecular complexity index is 963. The zero-order valence-corrected chi connectivity index (χ0v) is 13.9. The van der Waals surface area contributed by atoms with Gasteiger partial charge in [0, 0.05) is 33.2 Å². The molecule has 122 valence electrons. The van der Waals surface area contributed by atoms with Gasteiger partial charge in [0.25, 0.3) is 0 Å². The maximum atomic E-state index is 13.9. The Balaban J connectivity index is 1.97. The predicted molar refractivity (Wildman–Crippen MR) is 93.3 cm³/mol. The number of carbonyl (C=O) groups is 1. The molecule has 1 unspecified atom stereocenters.